The monoisotopic (exact) mass is 391 g/mol. The number of aromatic nitrogens is 2. The molecule has 1 atom stereocenters. The predicted octanol–water partition coefficient (Wildman–Crippen LogP) is 4.08. The summed E-state index contributed by atoms with van der Waals surface area (Å²) in [5, 5.41) is 7.46. The SMILES string of the molecule is Cc1ccnn1-c1ccc(C(=O)NC(c2ccc3c(c2)OCCO3)C(C)C)cc1. The lowest BCUT2D eigenvalue weighted by molar-refractivity contribution is 0.0925. The van der Waals surface area contributed by atoms with Crippen LogP contribution in [0.3, 0.4) is 0 Å². The second-order valence-electron chi connectivity index (χ2n) is 7.53. The molecule has 1 unspecified atom stereocenters. The zero-order valence-corrected chi connectivity index (χ0v) is 16.9. The molecule has 0 saturated carbocycles. The van der Waals surface area contributed by atoms with E-state index in [0.717, 1.165) is 28.4 Å². The van der Waals surface area contributed by atoms with Crippen LogP contribution in [0.2, 0.25) is 0 Å². The van der Waals surface area contributed by atoms with E-state index in [1.807, 2.05) is 60.1 Å². The zero-order valence-electron chi connectivity index (χ0n) is 16.9. The summed E-state index contributed by atoms with van der Waals surface area (Å²) in [7, 11) is 0. The number of nitrogens with zero attached hydrogens (tertiary/aromatic N) is 2. The van der Waals surface area contributed by atoms with Gasteiger partial charge in [0.2, 0.25) is 0 Å². The molecule has 6 heteroatoms. The van der Waals surface area contributed by atoms with E-state index < -0.39 is 0 Å². The van der Waals surface area contributed by atoms with Crippen LogP contribution in [0.5, 0.6) is 11.5 Å². The van der Waals surface area contributed by atoms with Crippen molar-refractivity contribution in [2.75, 3.05) is 13.2 Å². The summed E-state index contributed by atoms with van der Waals surface area (Å²) in [5.74, 6) is 1.58. The molecule has 3 aromatic rings. The van der Waals surface area contributed by atoms with Crippen LogP contribution in [0.1, 0.15) is 41.5 Å². The highest BCUT2D eigenvalue weighted by atomic mass is 16.6. The van der Waals surface area contributed by atoms with Crippen LogP contribution in [-0.2, 0) is 0 Å². The second-order valence-corrected chi connectivity index (χ2v) is 7.53. The van der Waals surface area contributed by atoms with Crippen LogP contribution in [0.25, 0.3) is 5.69 Å². The van der Waals surface area contributed by atoms with E-state index in [-0.39, 0.29) is 17.9 Å². The minimum atomic E-state index is -0.133. The third-order valence-electron chi connectivity index (χ3n) is 5.08. The smallest absolute Gasteiger partial charge is 0.251 e. The van der Waals surface area contributed by atoms with Crippen molar-refractivity contribution < 1.29 is 14.3 Å². The number of carbonyl (C=O) groups excluding carboxylic acids is 1. The fourth-order valence-electron chi connectivity index (χ4n) is 3.51. The molecule has 0 bridgehead atoms. The summed E-state index contributed by atoms with van der Waals surface area (Å²) in [6.07, 6.45) is 1.76. The third-order valence-corrected chi connectivity index (χ3v) is 5.08. The Morgan fingerprint density at radius 1 is 1.03 bits per heavy atom. The first-order valence-corrected chi connectivity index (χ1v) is 9.84. The summed E-state index contributed by atoms with van der Waals surface area (Å²) in [6, 6.07) is 15.1. The molecule has 0 saturated heterocycles. The molecule has 150 valence electrons. The highest BCUT2D eigenvalue weighted by molar-refractivity contribution is 5.94. The van der Waals surface area contributed by atoms with Gasteiger partial charge in [0.05, 0.1) is 11.7 Å². The molecule has 2 heterocycles. The van der Waals surface area contributed by atoms with Gasteiger partial charge in [0.25, 0.3) is 5.91 Å². The predicted molar refractivity (Wildman–Crippen MR) is 111 cm³/mol. The Balaban J connectivity index is 1.53. The summed E-state index contributed by atoms with van der Waals surface area (Å²) in [6.45, 7) is 7.27. The van der Waals surface area contributed by atoms with Gasteiger partial charge in [-0.2, -0.15) is 5.10 Å². The maximum Gasteiger partial charge on any atom is 0.251 e. The van der Waals surface area contributed by atoms with E-state index in [4.69, 9.17) is 9.47 Å². The maximum absolute atomic E-state index is 12.9. The molecule has 0 radical (unpaired) electrons. The number of ether oxygens (including phenoxy) is 2. The van der Waals surface area contributed by atoms with Gasteiger partial charge in [-0.05, 0) is 60.9 Å². The van der Waals surface area contributed by atoms with Gasteiger partial charge in [0, 0.05) is 17.5 Å². The van der Waals surface area contributed by atoms with Gasteiger partial charge in [-0.15, -0.1) is 0 Å². The molecule has 2 aromatic carbocycles. The van der Waals surface area contributed by atoms with Crippen molar-refractivity contribution in [3.8, 4) is 17.2 Å². The fraction of sp³-hybridized carbons (Fsp3) is 0.304. The molecule has 1 aliphatic rings. The van der Waals surface area contributed by atoms with Crippen molar-refractivity contribution in [2.45, 2.75) is 26.8 Å². The fourth-order valence-corrected chi connectivity index (χ4v) is 3.51. The van der Waals surface area contributed by atoms with Gasteiger partial charge in [0.1, 0.15) is 13.2 Å². The number of hydrogen-bond donors (Lipinski definition) is 1. The number of aryl methyl sites for hydroxylation is 1. The van der Waals surface area contributed by atoms with Crippen molar-refractivity contribution in [3.63, 3.8) is 0 Å². The summed E-state index contributed by atoms with van der Waals surface area (Å²) in [4.78, 5) is 12.9. The molecule has 1 N–H and O–H groups in total. The van der Waals surface area contributed by atoms with Gasteiger partial charge >= 0.3 is 0 Å². The number of hydrogen-bond acceptors (Lipinski definition) is 4. The molecule has 1 amide bonds. The van der Waals surface area contributed by atoms with Gasteiger partial charge in [-0.1, -0.05) is 19.9 Å². The molecular weight excluding hydrogens is 366 g/mol. The van der Waals surface area contributed by atoms with Gasteiger partial charge in [0.15, 0.2) is 11.5 Å². The topological polar surface area (TPSA) is 65.4 Å². The Hall–Kier alpha value is -3.28. The second kappa shape index (κ2) is 7.99. The Morgan fingerprint density at radius 2 is 1.76 bits per heavy atom. The maximum atomic E-state index is 12.9. The van der Waals surface area contributed by atoms with Crippen LogP contribution in [0, 0.1) is 12.8 Å². The molecule has 0 aliphatic carbocycles. The number of amides is 1. The average Bonchev–Trinajstić information content (AvgIpc) is 3.17. The summed E-state index contributed by atoms with van der Waals surface area (Å²) < 4.78 is 13.1. The Morgan fingerprint density at radius 3 is 2.41 bits per heavy atom. The van der Waals surface area contributed by atoms with Crippen LogP contribution in [0.4, 0.5) is 0 Å². The van der Waals surface area contributed by atoms with Crippen molar-refractivity contribution in [1.82, 2.24) is 15.1 Å². The van der Waals surface area contributed by atoms with Crippen LogP contribution >= 0.6 is 0 Å². The first kappa shape index (κ1) is 19.1. The number of benzene rings is 2. The Labute approximate surface area is 170 Å². The van der Waals surface area contributed by atoms with E-state index in [2.05, 4.69) is 24.3 Å². The van der Waals surface area contributed by atoms with Crippen molar-refractivity contribution in [2.24, 2.45) is 5.92 Å². The molecule has 6 nitrogen and oxygen atoms in total. The Kier molecular flexibility index (Phi) is 5.25. The van der Waals surface area contributed by atoms with E-state index in [9.17, 15) is 4.79 Å². The first-order chi connectivity index (χ1) is 14.0. The number of fused-ring (bicyclic) bond motifs is 1. The normalized spacial score (nSPS) is 13.9. The van der Waals surface area contributed by atoms with Crippen molar-refractivity contribution in [3.05, 3.63) is 71.5 Å². The van der Waals surface area contributed by atoms with Gasteiger partial charge in [-0.3, -0.25) is 4.79 Å². The average molecular weight is 391 g/mol. The lowest BCUT2D eigenvalue weighted by Gasteiger charge is -2.25. The molecule has 1 aliphatic heterocycles. The molecule has 0 fully saturated rings. The first-order valence-electron chi connectivity index (χ1n) is 9.84. The van der Waals surface area contributed by atoms with Crippen LogP contribution in [-0.4, -0.2) is 28.9 Å². The van der Waals surface area contributed by atoms with E-state index in [1.54, 1.807) is 6.20 Å². The Bertz CT molecular complexity index is 1010. The molecule has 0 spiro atoms. The van der Waals surface area contributed by atoms with Crippen LogP contribution < -0.4 is 14.8 Å². The quantitative estimate of drug-likeness (QED) is 0.712. The lowest BCUT2D eigenvalue weighted by atomic mass is 9.95. The molecule has 29 heavy (non-hydrogen) atoms. The molecule has 4 rings (SSSR count). The lowest BCUT2D eigenvalue weighted by Crippen LogP contribution is -2.32. The van der Waals surface area contributed by atoms with E-state index in [1.165, 1.54) is 0 Å². The minimum absolute atomic E-state index is 0.109. The minimum Gasteiger partial charge on any atom is -0.486 e. The van der Waals surface area contributed by atoms with Crippen molar-refractivity contribution in [1.29, 1.82) is 0 Å². The number of nitrogens with one attached hydrogen (secondary N) is 1. The van der Waals surface area contributed by atoms with Gasteiger partial charge < -0.3 is 14.8 Å². The standard InChI is InChI=1S/C23H25N3O3/c1-15(2)22(18-6-9-20-21(14-18)29-13-12-28-20)25-23(27)17-4-7-19(8-5-17)26-16(3)10-11-24-26/h4-11,14-15,22H,12-13H2,1-3H3,(H,25,27). The largest absolute Gasteiger partial charge is 0.486 e. The van der Waals surface area contributed by atoms with Crippen LogP contribution in [0.15, 0.2) is 54.7 Å². The number of carbonyl (C=O) groups is 1. The summed E-state index contributed by atoms with van der Waals surface area (Å²) >= 11 is 0. The molecular formula is C23H25N3O3. The van der Waals surface area contributed by atoms with E-state index in [0.29, 0.717) is 18.8 Å². The van der Waals surface area contributed by atoms with Crippen molar-refractivity contribution >= 4 is 5.91 Å². The third kappa shape index (κ3) is 3.97. The summed E-state index contributed by atoms with van der Waals surface area (Å²) in [5.41, 5.74) is 3.58. The zero-order chi connectivity index (χ0) is 20.4. The van der Waals surface area contributed by atoms with E-state index >= 15 is 0 Å². The highest BCUT2D eigenvalue weighted by Crippen LogP contribution is 2.34. The molecule has 1 aromatic heterocycles. The van der Waals surface area contributed by atoms with Gasteiger partial charge in [-0.25, -0.2) is 4.68 Å². The number of rotatable bonds is 5. The highest BCUT2D eigenvalue weighted by Gasteiger charge is 2.22.